The monoisotopic (exact) mass is 369 g/mol. The van der Waals surface area contributed by atoms with Gasteiger partial charge in [0.2, 0.25) is 5.95 Å². The first-order chi connectivity index (χ1) is 12.9. The molecule has 0 aliphatic carbocycles. The summed E-state index contributed by atoms with van der Waals surface area (Å²) < 4.78 is 5.62. The highest BCUT2D eigenvalue weighted by Crippen LogP contribution is 2.34. The van der Waals surface area contributed by atoms with E-state index in [1.54, 1.807) is 30.1 Å². The summed E-state index contributed by atoms with van der Waals surface area (Å²) in [6.45, 7) is 4.11. The summed E-state index contributed by atoms with van der Waals surface area (Å²) in [6.07, 6.45) is 1.32. The number of nitrogens with zero attached hydrogens (tertiary/aromatic N) is 4. The zero-order chi connectivity index (χ0) is 19.0. The van der Waals surface area contributed by atoms with E-state index in [2.05, 4.69) is 20.2 Å². The number of ether oxygens (including phenoxy) is 1. The molecule has 0 bridgehead atoms. The molecule has 2 fully saturated rings. The lowest BCUT2D eigenvalue weighted by atomic mass is 9.91. The van der Waals surface area contributed by atoms with Gasteiger partial charge in [-0.2, -0.15) is 4.98 Å². The molecule has 142 valence electrons. The molecule has 3 heterocycles. The van der Waals surface area contributed by atoms with E-state index < -0.39 is 0 Å². The van der Waals surface area contributed by atoms with Crippen LogP contribution < -0.4 is 10.2 Å². The van der Waals surface area contributed by atoms with E-state index in [-0.39, 0.29) is 17.4 Å². The molecule has 1 amide bonds. The number of carbonyl (C=O) groups is 1. The van der Waals surface area contributed by atoms with Crippen LogP contribution in [-0.4, -0.2) is 58.4 Å². The topological polar surface area (TPSA) is 90.8 Å². The Bertz CT molecular complexity index is 864. The molecule has 2 saturated heterocycles. The Morgan fingerprint density at radius 3 is 2.67 bits per heavy atom. The number of amides is 1. The lowest BCUT2D eigenvalue weighted by Crippen LogP contribution is -2.47. The van der Waals surface area contributed by atoms with Gasteiger partial charge in [-0.05, 0) is 19.1 Å². The molecule has 27 heavy (non-hydrogen) atoms. The van der Waals surface area contributed by atoms with Crippen LogP contribution in [0.4, 0.5) is 22.2 Å². The number of phenols is 1. The normalized spacial score (nSPS) is 18.7. The van der Waals surface area contributed by atoms with Gasteiger partial charge in [-0.25, -0.2) is 9.78 Å². The number of anilines is 3. The molecule has 8 heteroatoms. The zero-order valence-corrected chi connectivity index (χ0v) is 15.5. The quantitative estimate of drug-likeness (QED) is 0.859. The van der Waals surface area contributed by atoms with Gasteiger partial charge in [-0.3, -0.25) is 0 Å². The third-order valence-corrected chi connectivity index (χ3v) is 5.08. The Hall–Kier alpha value is -3.03. The van der Waals surface area contributed by atoms with E-state index in [4.69, 9.17) is 4.74 Å². The smallest absolute Gasteiger partial charge is 0.410 e. The summed E-state index contributed by atoms with van der Waals surface area (Å²) in [5.74, 6) is 1.52. The predicted octanol–water partition coefficient (Wildman–Crippen LogP) is 2.66. The number of aromatic nitrogens is 2. The molecule has 1 spiro atoms. The highest BCUT2D eigenvalue weighted by Gasteiger charge is 2.45. The molecule has 4 rings (SSSR count). The lowest BCUT2D eigenvalue weighted by molar-refractivity contribution is 0.0366. The number of aromatic hydroxyl groups is 1. The molecule has 2 aliphatic rings. The number of hydrogen-bond acceptors (Lipinski definition) is 7. The molecule has 8 nitrogen and oxygen atoms in total. The van der Waals surface area contributed by atoms with Crippen LogP contribution in [0.25, 0.3) is 0 Å². The summed E-state index contributed by atoms with van der Waals surface area (Å²) in [6, 6.07) is 8.81. The van der Waals surface area contributed by atoms with Crippen molar-refractivity contribution in [2.45, 2.75) is 25.4 Å². The number of rotatable bonds is 3. The standard InChI is InChI=1S/C19H23N5O3/c1-13-10-16(22-17(20-13)21-14-4-3-5-15(25)11-14)24-8-6-19(7-9-24)12-23(2)18(26)27-19/h3-5,10-11,25H,6-9,12H2,1-2H3,(H,20,21,22). The number of hydrogen-bond donors (Lipinski definition) is 2. The maximum Gasteiger partial charge on any atom is 0.410 e. The summed E-state index contributed by atoms with van der Waals surface area (Å²) >= 11 is 0. The lowest BCUT2D eigenvalue weighted by Gasteiger charge is -2.38. The second kappa shape index (κ2) is 6.61. The van der Waals surface area contributed by atoms with Crippen LogP contribution in [0.15, 0.2) is 30.3 Å². The van der Waals surface area contributed by atoms with E-state index >= 15 is 0 Å². The van der Waals surface area contributed by atoms with Crippen molar-refractivity contribution in [3.8, 4) is 5.75 Å². The fraction of sp³-hybridized carbons (Fsp3) is 0.421. The fourth-order valence-corrected chi connectivity index (χ4v) is 3.68. The van der Waals surface area contributed by atoms with E-state index in [9.17, 15) is 9.90 Å². The van der Waals surface area contributed by atoms with Crippen LogP contribution in [0.2, 0.25) is 0 Å². The summed E-state index contributed by atoms with van der Waals surface area (Å²) in [5.41, 5.74) is 1.22. The minimum absolute atomic E-state index is 0.185. The molecule has 0 atom stereocenters. The number of nitrogens with one attached hydrogen (secondary N) is 1. The summed E-state index contributed by atoms with van der Waals surface area (Å²) in [4.78, 5) is 24.6. The molecular formula is C19H23N5O3. The largest absolute Gasteiger partial charge is 0.508 e. The first kappa shape index (κ1) is 17.4. The van der Waals surface area contributed by atoms with Crippen molar-refractivity contribution < 1.29 is 14.6 Å². The van der Waals surface area contributed by atoms with Crippen LogP contribution in [0, 0.1) is 6.92 Å². The van der Waals surface area contributed by atoms with Crippen LogP contribution in [0.1, 0.15) is 18.5 Å². The van der Waals surface area contributed by atoms with Crippen LogP contribution in [0.3, 0.4) is 0 Å². The number of phenolic OH excluding ortho intramolecular Hbond substituents is 1. The zero-order valence-electron chi connectivity index (χ0n) is 15.5. The Balaban J connectivity index is 1.48. The highest BCUT2D eigenvalue weighted by molar-refractivity contribution is 5.70. The van der Waals surface area contributed by atoms with Gasteiger partial charge >= 0.3 is 6.09 Å². The second-order valence-corrected chi connectivity index (χ2v) is 7.26. The molecule has 1 aromatic carbocycles. The number of likely N-dealkylation sites (N-methyl/N-ethyl adjacent to an activating group) is 1. The van der Waals surface area contributed by atoms with Gasteiger partial charge in [0.05, 0.1) is 6.54 Å². The number of benzene rings is 1. The second-order valence-electron chi connectivity index (χ2n) is 7.26. The average molecular weight is 369 g/mol. The first-order valence-electron chi connectivity index (χ1n) is 9.03. The number of piperidine rings is 1. The Morgan fingerprint density at radius 2 is 2.00 bits per heavy atom. The Kier molecular flexibility index (Phi) is 4.25. The van der Waals surface area contributed by atoms with Crippen LogP contribution in [0.5, 0.6) is 5.75 Å². The van der Waals surface area contributed by atoms with Gasteiger partial charge < -0.3 is 25.0 Å². The van der Waals surface area contributed by atoms with E-state index in [0.29, 0.717) is 12.5 Å². The first-order valence-corrected chi connectivity index (χ1v) is 9.03. The van der Waals surface area contributed by atoms with Gasteiger partial charge in [-0.15, -0.1) is 0 Å². The SMILES string of the molecule is Cc1cc(N2CCC3(CC2)CN(C)C(=O)O3)nc(Nc2cccc(O)c2)n1. The average Bonchev–Trinajstić information content (AvgIpc) is 2.88. The molecule has 2 N–H and O–H groups in total. The van der Waals surface area contributed by atoms with Crippen molar-refractivity contribution in [3.63, 3.8) is 0 Å². The highest BCUT2D eigenvalue weighted by atomic mass is 16.6. The van der Waals surface area contributed by atoms with Gasteiger partial charge in [0.25, 0.3) is 0 Å². The van der Waals surface area contributed by atoms with Crippen molar-refractivity contribution in [2.24, 2.45) is 0 Å². The van der Waals surface area contributed by atoms with Crippen molar-refractivity contribution >= 4 is 23.5 Å². The maximum atomic E-state index is 11.7. The minimum Gasteiger partial charge on any atom is -0.508 e. The molecule has 0 saturated carbocycles. The predicted molar refractivity (Wildman–Crippen MR) is 101 cm³/mol. The molecule has 0 unspecified atom stereocenters. The summed E-state index contributed by atoms with van der Waals surface area (Å²) in [7, 11) is 1.77. The van der Waals surface area contributed by atoms with Crippen molar-refractivity contribution in [1.29, 1.82) is 0 Å². The van der Waals surface area contributed by atoms with Crippen molar-refractivity contribution in [1.82, 2.24) is 14.9 Å². The van der Waals surface area contributed by atoms with Gasteiger partial charge in [0, 0.05) is 56.5 Å². The van der Waals surface area contributed by atoms with E-state index in [1.165, 1.54) is 0 Å². The van der Waals surface area contributed by atoms with E-state index in [1.807, 2.05) is 19.1 Å². The molecule has 0 radical (unpaired) electrons. The minimum atomic E-state index is -0.368. The van der Waals surface area contributed by atoms with E-state index in [0.717, 1.165) is 43.1 Å². The fourth-order valence-electron chi connectivity index (χ4n) is 3.68. The molecule has 2 aliphatic heterocycles. The Labute approximate surface area is 157 Å². The molecule has 1 aromatic heterocycles. The maximum absolute atomic E-state index is 11.7. The summed E-state index contributed by atoms with van der Waals surface area (Å²) in [5, 5.41) is 12.8. The van der Waals surface area contributed by atoms with Gasteiger partial charge in [0.1, 0.15) is 17.2 Å². The van der Waals surface area contributed by atoms with Gasteiger partial charge in [-0.1, -0.05) is 6.07 Å². The molecule has 2 aromatic rings. The van der Waals surface area contributed by atoms with Crippen LogP contribution in [-0.2, 0) is 4.74 Å². The van der Waals surface area contributed by atoms with Gasteiger partial charge in [0.15, 0.2) is 0 Å². The van der Waals surface area contributed by atoms with Crippen molar-refractivity contribution in [2.75, 3.05) is 36.9 Å². The number of aryl methyl sites for hydroxylation is 1. The number of carbonyl (C=O) groups excluding carboxylic acids is 1. The van der Waals surface area contributed by atoms with Crippen LogP contribution >= 0.6 is 0 Å². The Morgan fingerprint density at radius 1 is 1.22 bits per heavy atom. The molecular weight excluding hydrogens is 346 g/mol. The van der Waals surface area contributed by atoms with Crippen molar-refractivity contribution in [3.05, 3.63) is 36.0 Å². The third kappa shape index (κ3) is 3.60. The third-order valence-electron chi connectivity index (χ3n) is 5.08.